The molecule has 3 aromatic heterocycles. The van der Waals surface area contributed by atoms with Gasteiger partial charge in [-0.15, -0.1) is 11.6 Å². The molecule has 6 heteroatoms. The summed E-state index contributed by atoms with van der Waals surface area (Å²) in [5.74, 6) is 2.99. The lowest BCUT2D eigenvalue weighted by molar-refractivity contribution is 0.445. The van der Waals surface area contributed by atoms with Crippen molar-refractivity contribution in [3.05, 3.63) is 41.5 Å². The van der Waals surface area contributed by atoms with Crippen molar-refractivity contribution < 1.29 is 4.42 Å². The molecule has 0 unspecified atom stereocenters. The van der Waals surface area contributed by atoms with Gasteiger partial charge >= 0.3 is 0 Å². The summed E-state index contributed by atoms with van der Waals surface area (Å²) in [6.45, 7) is 4.58. The lowest BCUT2D eigenvalue weighted by Crippen LogP contribution is -2.07. The highest BCUT2D eigenvalue weighted by atomic mass is 35.5. The Morgan fingerprint density at radius 2 is 2.14 bits per heavy atom. The van der Waals surface area contributed by atoms with Gasteiger partial charge in [0.25, 0.3) is 0 Å². The summed E-state index contributed by atoms with van der Waals surface area (Å²) in [6.07, 6.45) is 5.15. The highest BCUT2D eigenvalue weighted by Gasteiger charge is 2.14. The van der Waals surface area contributed by atoms with Gasteiger partial charge in [-0.3, -0.25) is 0 Å². The Bertz CT molecular complexity index is 762. The second-order valence-corrected chi connectivity index (χ2v) is 5.36. The topological polar surface area (TPSA) is 56.7 Å². The van der Waals surface area contributed by atoms with Crippen LogP contribution in [0.4, 0.5) is 0 Å². The molecule has 110 valence electrons. The maximum atomic E-state index is 5.88. The molecule has 0 saturated heterocycles. The van der Waals surface area contributed by atoms with E-state index in [2.05, 4.69) is 15.0 Å². The highest BCUT2D eigenvalue weighted by molar-refractivity contribution is 6.17. The van der Waals surface area contributed by atoms with E-state index >= 15 is 0 Å². The molecule has 3 heterocycles. The fourth-order valence-electron chi connectivity index (χ4n) is 2.32. The summed E-state index contributed by atoms with van der Waals surface area (Å²) < 4.78 is 7.72. The number of alkyl halides is 1. The molecule has 0 aromatic carbocycles. The van der Waals surface area contributed by atoms with Gasteiger partial charge in [-0.1, -0.05) is 6.92 Å². The normalized spacial score (nSPS) is 11.4. The van der Waals surface area contributed by atoms with E-state index in [1.807, 2.05) is 30.7 Å². The van der Waals surface area contributed by atoms with E-state index in [0.29, 0.717) is 24.7 Å². The van der Waals surface area contributed by atoms with Crippen molar-refractivity contribution in [1.82, 2.24) is 19.5 Å². The van der Waals surface area contributed by atoms with Crippen molar-refractivity contribution in [2.24, 2.45) is 0 Å². The average molecular weight is 305 g/mol. The van der Waals surface area contributed by atoms with Gasteiger partial charge in [0.2, 0.25) is 5.89 Å². The summed E-state index contributed by atoms with van der Waals surface area (Å²) >= 11 is 5.88. The van der Waals surface area contributed by atoms with Gasteiger partial charge in [0.1, 0.15) is 23.6 Å². The Hall–Kier alpha value is -1.88. The predicted octanol–water partition coefficient (Wildman–Crippen LogP) is 3.12. The maximum absolute atomic E-state index is 5.88. The van der Waals surface area contributed by atoms with Crippen LogP contribution >= 0.6 is 11.6 Å². The zero-order chi connectivity index (χ0) is 14.8. The Morgan fingerprint density at radius 1 is 1.29 bits per heavy atom. The van der Waals surface area contributed by atoms with E-state index in [9.17, 15) is 0 Å². The van der Waals surface area contributed by atoms with Crippen LogP contribution in [0.25, 0.3) is 11.2 Å². The Balaban J connectivity index is 2.03. The SMILES string of the molecule is CCc1cnc(Cn2c(CCCl)nc3cc(C)cnc32)o1. The number of oxazole rings is 1. The van der Waals surface area contributed by atoms with Crippen molar-refractivity contribution >= 4 is 22.8 Å². The lowest BCUT2D eigenvalue weighted by Gasteiger charge is -2.05. The second-order valence-electron chi connectivity index (χ2n) is 4.98. The highest BCUT2D eigenvalue weighted by Crippen LogP contribution is 2.18. The number of nitrogens with zero attached hydrogens (tertiary/aromatic N) is 4. The molecule has 0 aliphatic rings. The number of halogens is 1. The molecule has 0 atom stereocenters. The zero-order valence-corrected chi connectivity index (χ0v) is 12.9. The summed E-state index contributed by atoms with van der Waals surface area (Å²) in [5, 5.41) is 0. The van der Waals surface area contributed by atoms with Crippen molar-refractivity contribution in [2.45, 2.75) is 33.2 Å². The lowest BCUT2D eigenvalue weighted by atomic mass is 10.3. The molecule has 3 aromatic rings. The number of aryl methyl sites for hydroxylation is 3. The van der Waals surface area contributed by atoms with Crippen LogP contribution < -0.4 is 0 Å². The van der Waals surface area contributed by atoms with Crippen molar-refractivity contribution in [1.29, 1.82) is 0 Å². The van der Waals surface area contributed by atoms with Gasteiger partial charge in [0.15, 0.2) is 5.65 Å². The number of fused-ring (bicyclic) bond motifs is 1. The molecule has 0 radical (unpaired) electrons. The Labute approximate surface area is 128 Å². The van der Waals surface area contributed by atoms with E-state index in [4.69, 9.17) is 16.0 Å². The minimum Gasteiger partial charge on any atom is -0.444 e. The molecule has 0 fully saturated rings. The molecule has 5 nitrogen and oxygen atoms in total. The van der Waals surface area contributed by atoms with Crippen molar-refractivity contribution in [2.75, 3.05) is 5.88 Å². The first-order chi connectivity index (χ1) is 10.2. The molecule has 0 bridgehead atoms. The summed E-state index contributed by atoms with van der Waals surface area (Å²) in [7, 11) is 0. The van der Waals surface area contributed by atoms with Gasteiger partial charge in [-0.2, -0.15) is 0 Å². The summed E-state index contributed by atoms with van der Waals surface area (Å²) in [6, 6.07) is 2.03. The molecule has 0 N–H and O–H groups in total. The van der Waals surface area contributed by atoms with E-state index < -0.39 is 0 Å². The largest absolute Gasteiger partial charge is 0.444 e. The predicted molar refractivity (Wildman–Crippen MR) is 81.7 cm³/mol. The van der Waals surface area contributed by atoms with Gasteiger partial charge in [0.05, 0.1) is 6.20 Å². The van der Waals surface area contributed by atoms with Gasteiger partial charge in [-0.05, 0) is 18.6 Å². The smallest absolute Gasteiger partial charge is 0.214 e. The number of pyridine rings is 1. The fourth-order valence-corrected chi connectivity index (χ4v) is 2.49. The second kappa shape index (κ2) is 5.85. The monoisotopic (exact) mass is 304 g/mol. The van der Waals surface area contributed by atoms with E-state index in [0.717, 1.165) is 34.7 Å². The number of aromatic nitrogens is 4. The minimum absolute atomic E-state index is 0.522. The first-order valence-corrected chi connectivity index (χ1v) is 7.56. The quantitative estimate of drug-likeness (QED) is 0.680. The molecule has 0 saturated carbocycles. The molecule has 0 amide bonds. The molecule has 0 spiro atoms. The first kappa shape index (κ1) is 14.1. The molecule has 0 aliphatic heterocycles. The van der Waals surface area contributed by atoms with E-state index in [1.165, 1.54) is 0 Å². The van der Waals surface area contributed by atoms with E-state index in [-0.39, 0.29) is 0 Å². The van der Waals surface area contributed by atoms with E-state index in [1.54, 1.807) is 6.20 Å². The maximum Gasteiger partial charge on any atom is 0.214 e. The van der Waals surface area contributed by atoms with Crippen LogP contribution in [0.5, 0.6) is 0 Å². The average Bonchev–Trinajstić information content (AvgIpc) is 3.05. The Morgan fingerprint density at radius 3 is 2.86 bits per heavy atom. The van der Waals surface area contributed by atoms with Crippen LogP contribution in [0.2, 0.25) is 0 Å². The fraction of sp³-hybridized carbons (Fsp3) is 0.400. The van der Waals surface area contributed by atoms with Crippen molar-refractivity contribution in [3.63, 3.8) is 0 Å². The minimum atomic E-state index is 0.522. The molecule has 21 heavy (non-hydrogen) atoms. The third-order valence-corrected chi connectivity index (χ3v) is 3.55. The first-order valence-electron chi connectivity index (χ1n) is 7.02. The van der Waals surface area contributed by atoms with Crippen molar-refractivity contribution in [3.8, 4) is 0 Å². The molecule has 3 rings (SSSR count). The Kier molecular flexibility index (Phi) is 3.92. The standard InChI is InChI=1S/C15H17ClN4O/c1-3-11-8-17-14(21-11)9-20-13(4-5-16)19-12-6-10(2)7-18-15(12)20/h6-8H,3-5,9H2,1-2H3. The summed E-state index contributed by atoms with van der Waals surface area (Å²) in [5.41, 5.74) is 2.82. The van der Waals surface area contributed by atoms with Gasteiger partial charge in [-0.25, -0.2) is 15.0 Å². The third-order valence-electron chi connectivity index (χ3n) is 3.36. The van der Waals surface area contributed by atoms with Crippen LogP contribution in [-0.4, -0.2) is 25.4 Å². The number of hydrogen-bond donors (Lipinski definition) is 0. The molecular formula is C15H17ClN4O. The third kappa shape index (κ3) is 2.78. The van der Waals surface area contributed by atoms with Crippen LogP contribution in [0, 0.1) is 6.92 Å². The van der Waals surface area contributed by atoms with Crippen LogP contribution in [0.15, 0.2) is 22.9 Å². The zero-order valence-electron chi connectivity index (χ0n) is 12.1. The molecule has 0 aliphatic carbocycles. The summed E-state index contributed by atoms with van der Waals surface area (Å²) in [4.78, 5) is 13.4. The van der Waals surface area contributed by atoms with Gasteiger partial charge < -0.3 is 8.98 Å². The van der Waals surface area contributed by atoms with Crippen LogP contribution in [-0.2, 0) is 19.4 Å². The van der Waals surface area contributed by atoms with Gasteiger partial charge in [0, 0.05) is 24.9 Å². The number of rotatable bonds is 5. The molecular weight excluding hydrogens is 288 g/mol. The number of hydrogen-bond acceptors (Lipinski definition) is 4. The number of imidazole rings is 1. The van der Waals surface area contributed by atoms with Crippen LogP contribution in [0.1, 0.15) is 30.0 Å². The van der Waals surface area contributed by atoms with Crippen LogP contribution in [0.3, 0.4) is 0 Å².